The van der Waals surface area contributed by atoms with Crippen LogP contribution in [0.4, 0.5) is 17.1 Å². The molecule has 180 valence electrons. The fourth-order valence-corrected chi connectivity index (χ4v) is 7.10. The van der Waals surface area contributed by atoms with Gasteiger partial charge in [0.05, 0.1) is 28.9 Å². The molecule has 2 amide bonds. The number of benzene rings is 4. The van der Waals surface area contributed by atoms with E-state index in [1.54, 1.807) is 24.3 Å². The van der Waals surface area contributed by atoms with Crippen LogP contribution >= 0.6 is 0 Å². The van der Waals surface area contributed by atoms with Crippen LogP contribution in [-0.4, -0.2) is 11.8 Å². The number of hydrogen-bond donors (Lipinski definition) is 0. The Morgan fingerprint density at radius 3 is 1.35 bits per heavy atom. The van der Waals surface area contributed by atoms with Crippen molar-refractivity contribution in [2.75, 3.05) is 4.90 Å². The van der Waals surface area contributed by atoms with Gasteiger partial charge in [-0.1, -0.05) is 80.6 Å². The Morgan fingerprint density at radius 2 is 0.919 bits per heavy atom. The number of azo groups is 1. The lowest BCUT2D eigenvalue weighted by Crippen LogP contribution is -2.59. The van der Waals surface area contributed by atoms with Crippen molar-refractivity contribution >= 4 is 28.9 Å². The summed E-state index contributed by atoms with van der Waals surface area (Å²) >= 11 is 0. The minimum Gasteiger partial charge on any atom is -0.274 e. The van der Waals surface area contributed by atoms with E-state index in [9.17, 15) is 9.59 Å². The van der Waals surface area contributed by atoms with E-state index in [0.29, 0.717) is 11.4 Å². The maximum atomic E-state index is 14.2. The second-order valence-electron chi connectivity index (χ2n) is 10.5. The average Bonchev–Trinajstić information content (AvgIpc) is 3.22. The molecule has 5 nitrogen and oxygen atoms in total. The predicted molar refractivity (Wildman–Crippen MR) is 142 cm³/mol. The van der Waals surface area contributed by atoms with Gasteiger partial charge in [-0.15, -0.1) is 0 Å². The Kier molecular flexibility index (Phi) is 4.47. The van der Waals surface area contributed by atoms with E-state index in [4.69, 9.17) is 0 Å². The Bertz CT molecular complexity index is 1490. The van der Waals surface area contributed by atoms with Crippen molar-refractivity contribution in [2.24, 2.45) is 22.1 Å². The quantitative estimate of drug-likeness (QED) is 0.236. The third-order valence-corrected chi connectivity index (χ3v) is 8.79. The third kappa shape index (κ3) is 2.74. The first-order chi connectivity index (χ1) is 18.0. The molecule has 1 heterocycles. The molecule has 0 aromatic heterocycles. The van der Waals surface area contributed by atoms with E-state index in [0.717, 1.165) is 27.9 Å². The Labute approximate surface area is 215 Å². The van der Waals surface area contributed by atoms with Crippen LogP contribution in [0.15, 0.2) is 113 Å². The third-order valence-electron chi connectivity index (χ3n) is 8.79. The number of nitrogens with zero attached hydrogens (tertiary/aromatic N) is 3. The molecule has 4 aromatic carbocycles. The molecule has 1 fully saturated rings. The average molecular weight is 484 g/mol. The summed E-state index contributed by atoms with van der Waals surface area (Å²) in [5.74, 6) is -1.20. The smallest absolute Gasteiger partial charge is 0.238 e. The van der Waals surface area contributed by atoms with E-state index in [1.807, 2.05) is 54.6 Å². The zero-order valence-corrected chi connectivity index (χ0v) is 20.6. The van der Waals surface area contributed by atoms with Crippen LogP contribution in [0.5, 0.6) is 0 Å². The Morgan fingerprint density at radius 1 is 0.541 bits per heavy atom. The minimum absolute atomic E-state index is 0.133. The highest BCUT2D eigenvalue weighted by Crippen LogP contribution is 2.66. The van der Waals surface area contributed by atoms with Gasteiger partial charge in [-0.25, -0.2) is 4.90 Å². The summed E-state index contributed by atoms with van der Waals surface area (Å²) in [6, 6.07) is 33.4. The predicted octanol–water partition coefficient (Wildman–Crippen LogP) is 6.85. The molecule has 2 atom stereocenters. The molecule has 3 aliphatic carbocycles. The fraction of sp³-hybridized carbons (Fsp3) is 0.188. The van der Waals surface area contributed by atoms with Gasteiger partial charge in [0.1, 0.15) is 0 Å². The number of hydrogen-bond acceptors (Lipinski definition) is 4. The topological polar surface area (TPSA) is 62.1 Å². The lowest BCUT2D eigenvalue weighted by molar-refractivity contribution is -0.124. The van der Waals surface area contributed by atoms with Gasteiger partial charge < -0.3 is 0 Å². The van der Waals surface area contributed by atoms with Gasteiger partial charge in [0, 0.05) is 10.8 Å². The molecule has 1 aliphatic heterocycles. The highest BCUT2D eigenvalue weighted by molar-refractivity contribution is 6.24. The largest absolute Gasteiger partial charge is 0.274 e. The molecule has 1 saturated heterocycles. The molecular formula is C32H25N3O2. The Hall–Kier alpha value is -4.38. The van der Waals surface area contributed by atoms with Crippen LogP contribution in [-0.2, 0) is 20.4 Å². The van der Waals surface area contributed by atoms with Gasteiger partial charge in [-0.05, 0) is 58.7 Å². The van der Waals surface area contributed by atoms with Crippen LogP contribution in [0, 0.1) is 11.8 Å². The molecule has 4 aliphatic rings. The fourth-order valence-electron chi connectivity index (χ4n) is 7.10. The summed E-state index contributed by atoms with van der Waals surface area (Å²) in [6.07, 6.45) is 0. The first-order valence-corrected chi connectivity index (χ1v) is 12.6. The van der Waals surface area contributed by atoms with Gasteiger partial charge in [0.15, 0.2) is 0 Å². The summed E-state index contributed by atoms with van der Waals surface area (Å²) in [5.41, 5.74) is 5.42. The van der Waals surface area contributed by atoms with Crippen molar-refractivity contribution in [3.63, 3.8) is 0 Å². The molecule has 2 bridgehead atoms. The van der Waals surface area contributed by atoms with Gasteiger partial charge in [-0.3, -0.25) is 9.59 Å². The molecule has 0 saturated carbocycles. The van der Waals surface area contributed by atoms with E-state index in [2.05, 4.69) is 48.3 Å². The summed E-state index contributed by atoms with van der Waals surface area (Å²) in [4.78, 5) is 29.7. The zero-order chi connectivity index (χ0) is 25.4. The van der Waals surface area contributed by atoms with E-state index < -0.39 is 22.7 Å². The molecule has 0 N–H and O–H groups in total. The molecular weight excluding hydrogens is 458 g/mol. The standard InChI is InChI=1S/C32H25N3O2/c1-31-23-12-6-8-14-25(23)32(2,26-15-9-7-13-24(26)31)28-27(31)29(36)35(30(28)37)22-18-16-21(17-19-22)34-33-20-10-4-3-5-11-20/h3-19,27-28H,1-2H3/t27-,28-,31?,32?/m0/s1. The summed E-state index contributed by atoms with van der Waals surface area (Å²) in [7, 11) is 0. The van der Waals surface area contributed by atoms with Crippen LogP contribution in [0.1, 0.15) is 36.1 Å². The van der Waals surface area contributed by atoms with Crippen molar-refractivity contribution in [3.05, 3.63) is 125 Å². The normalized spacial score (nSPS) is 27.4. The number of imide groups is 1. The number of anilines is 1. The van der Waals surface area contributed by atoms with Crippen molar-refractivity contribution < 1.29 is 9.59 Å². The number of amides is 2. The molecule has 0 radical (unpaired) electrons. The molecule has 5 heteroatoms. The Balaban J connectivity index is 1.31. The van der Waals surface area contributed by atoms with Gasteiger partial charge >= 0.3 is 0 Å². The van der Waals surface area contributed by atoms with Crippen LogP contribution < -0.4 is 4.90 Å². The van der Waals surface area contributed by atoms with Gasteiger partial charge in [0.2, 0.25) is 11.8 Å². The van der Waals surface area contributed by atoms with Crippen molar-refractivity contribution in [3.8, 4) is 0 Å². The van der Waals surface area contributed by atoms with Crippen LogP contribution in [0.3, 0.4) is 0 Å². The van der Waals surface area contributed by atoms with E-state index >= 15 is 0 Å². The SMILES string of the molecule is CC12c3ccccc3C(C)(c3ccccc31)[C@@H]1C(=O)N(c3ccc(N=Nc4ccccc4)cc3)C(=O)[C@H]12. The zero-order valence-electron chi connectivity index (χ0n) is 20.6. The van der Waals surface area contributed by atoms with Crippen molar-refractivity contribution in [1.82, 2.24) is 0 Å². The number of carbonyl (C=O) groups is 2. The second-order valence-corrected chi connectivity index (χ2v) is 10.5. The van der Waals surface area contributed by atoms with E-state index in [-0.39, 0.29) is 11.8 Å². The van der Waals surface area contributed by atoms with Gasteiger partial charge in [0.25, 0.3) is 0 Å². The maximum absolute atomic E-state index is 14.2. The molecule has 0 unspecified atom stereocenters. The molecule has 4 aromatic rings. The minimum atomic E-state index is -0.582. The lowest BCUT2D eigenvalue weighted by atomic mass is 9.42. The molecule has 37 heavy (non-hydrogen) atoms. The van der Waals surface area contributed by atoms with Crippen molar-refractivity contribution in [1.29, 1.82) is 0 Å². The van der Waals surface area contributed by atoms with E-state index in [1.165, 1.54) is 4.90 Å². The number of rotatable bonds is 3. The van der Waals surface area contributed by atoms with Crippen molar-refractivity contribution in [2.45, 2.75) is 24.7 Å². The number of carbonyl (C=O) groups excluding carboxylic acids is 2. The van der Waals surface area contributed by atoms with Gasteiger partial charge in [-0.2, -0.15) is 10.2 Å². The highest BCUT2D eigenvalue weighted by Gasteiger charge is 2.70. The highest BCUT2D eigenvalue weighted by atomic mass is 16.2. The molecule has 8 rings (SSSR count). The molecule has 0 spiro atoms. The summed E-state index contributed by atoms with van der Waals surface area (Å²) in [5, 5.41) is 8.56. The van der Waals surface area contributed by atoms with Crippen LogP contribution in [0.2, 0.25) is 0 Å². The summed E-state index contributed by atoms with van der Waals surface area (Å²) in [6.45, 7) is 4.28. The second kappa shape index (κ2) is 7.56. The maximum Gasteiger partial charge on any atom is 0.238 e. The van der Waals surface area contributed by atoms with Crippen LogP contribution in [0.25, 0.3) is 0 Å². The first-order valence-electron chi connectivity index (χ1n) is 12.6. The monoisotopic (exact) mass is 483 g/mol. The first kappa shape index (κ1) is 21.9. The summed E-state index contributed by atoms with van der Waals surface area (Å²) < 4.78 is 0. The lowest BCUT2D eigenvalue weighted by Gasteiger charge is -2.57.